The summed E-state index contributed by atoms with van der Waals surface area (Å²) < 4.78 is 0. The molecule has 14 heavy (non-hydrogen) atoms. The Morgan fingerprint density at radius 3 is 2.43 bits per heavy atom. The number of halogens is 1. The van der Waals surface area contributed by atoms with Crippen molar-refractivity contribution in [3.8, 4) is 0 Å². The topological polar surface area (TPSA) is 0 Å². The van der Waals surface area contributed by atoms with Crippen molar-refractivity contribution in [2.45, 2.75) is 26.2 Å². The van der Waals surface area contributed by atoms with Crippen molar-refractivity contribution in [2.75, 3.05) is 5.33 Å². The van der Waals surface area contributed by atoms with Crippen LogP contribution in [0, 0.1) is 11.3 Å². The maximum Gasteiger partial charge on any atom is 0.00911 e. The zero-order valence-corrected chi connectivity index (χ0v) is 10.3. The second kappa shape index (κ2) is 4.06. The van der Waals surface area contributed by atoms with Gasteiger partial charge in [-0.15, -0.1) is 0 Å². The second-order valence-electron chi connectivity index (χ2n) is 4.72. The van der Waals surface area contributed by atoms with Gasteiger partial charge in [-0.3, -0.25) is 0 Å². The molecule has 76 valence electrons. The monoisotopic (exact) mass is 252 g/mol. The Morgan fingerprint density at radius 1 is 1.29 bits per heavy atom. The molecule has 1 fully saturated rings. The van der Waals surface area contributed by atoms with Crippen LogP contribution >= 0.6 is 15.9 Å². The summed E-state index contributed by atoms with van der Waals surface area (Å²) in [5.41, 5.74) is 1.95. The van der Waals surface area contributed by atoms with Crippen molar-refractivity contribution in [2.24, 2.45) is 11.3 Å². The van der Waals surface area contributed by atoms with E-state index in [-0.39, 0.29) is 0 Å². The van der Waals surface area contributed by atoms with E-state index in [1.54, 1.807) is 0 Å². The van der Waals surface area contributed by atoms with Crippen molar-refractivity contribution >= 4 is 15.9 Å². The average molecular weight is 253 g/mol. The van der Waals surface area contributed by atoms with Crippen LogP contribution in [0.3, 0.4) is 0 Å². The Balaban J connectivity index is 2.08. The van der Waals surface area contributed by atoms with Crippen molar-refractivity contribution in [3.05, 3.63) is 35.9 Å². The van der Waals surface area contributed by atoms with Gasteiger partial charge >= 0.3 is 0 Å². The van der Waals surface area contributed by atoms with Gasteiger partial charge in [0.05, 0.1) is 0 Å². The molecule has 0 radical (unpaired) electrons. The molecule has 1 unspecified atom stereocenters. The molecule has 1 aromatic rings. The third-order valence-electron chi connectivity index (χ3n) is 3.32. The fourth-order valence-corrected chi connectivity index (χ4v) is 2.80. The molecule has 0 spiro atoms. The van der Waals surface area contributed by atoms with Crippen LogP contribution in [0.2, 0.25) is 0 Å². The van der Waals surface area contributed by atoms with E-state index in [9.17, 15) is 0 Å². The lowest BCUT2D eigenvalue weighted by molar-refractivity contribution is 0.319. The number of alkyl halides is 1. The first kappa shape index (κ1) is 10.2. The average Bonchev–Trinajstić information content (AvgIpc) is 3.03. The van der Waals surface area contributed by atoms with Crippen LogP contribution in [-0.2, 0) is 6.42 Å². The summed E-state index contributed by atoms with van der Waals surface area (Å²) in [6.07, 6.45) is 4.06. The zero-order chi connectivity index (χ0) is 10.0. The first-order valence-corrected chi connectivity index (χ1v) is 6.47. The highest BCUT2D eigenvalue weighted by Crippen LogP contribution is 2.48. The molecule has 0 heterocycles. The number of rotatable bonds is 4. The Morgan fingerprint density at radius 2 is 1.93 bits per heavy atom. The predicted octanol–water partition coefficient (Wildman–Crippen LogP) is 4.04. The lowest BCUT2D eigenvalue weighted by Crippen LogP contribution is -2.24. The van der Waals surface area contributed by atoms with Gasteiger partial charge in [-0.2, -0.15) is 0 Å². The van der Waals surface area contributed by atoms with Crippen LogP contribution < -0.4 is 0 Å². The molecular formula is C13H17Br. The minimum absolute atomic E-state index is 0.474. The molecule has 0 N–H and O–H groups in total. The quantitative estimate of drug-likeness (QED) is 0.710. The lowest BCUT2D eigenvalue weighted by Gasteiger charge is -2.27. The Bertz CT molecular complexity index is 289. The summed E-state index contributed by atoms with van der Waals surface area (Å²) in [5, 5.41) is 1.12. The van der Waals surface area contributed by atoms with Crippen molar-refractivity contribution in [1.29, 1.82) is 0 Å². The molecule has 0 nitrogen and oxygen atoms in total. The summed E-state index contributed by atoms with van der Waals surface area (Å²) in [6, 6.07) is 10.8. The van der Waals surface area contributed by atoms with Crippen LogP contribution in [0.1, 0.15) is 25.3 Å². The molecule has 1 saturated carbocycles. The molecule has 1 heteroatoms. The summed E-state index contributed by atoms with van der Waals surface area (Å²) in [5.74, 6) is 0.946. The van der Waals surface area contributed by atoms with E-state index in [1.165, 1.54) is 24.8 Å². The van der Waals surface area contributed by atoms with Crippen LogP contribution in [0.15, 0.2) is 30.3 Å². The predicted molar refractivity (Wildman–Crippen MR) is 64.8 cm³/mol. The van der Waals surface area contributed by atoms with Gasteiger partial charge in [0.1, 0.15) is 0 Å². The summed E-state index contributed by atoms with van der Waals surface area (Å²) in [7, 11) is 0. The van der Waals surface area contributed by atoms with Gasteiger partial charge < -0.3 is 0 Å². The maximum absolute atomic E-state index is 3.67. The van der Waals surface area contributed by atoms with Crippen molar-refractivity contribution < 1.29 is 0 Å². The largest absolute Gasteiger partial charge is 0.0922 e. The van der Waals surface area contributed by atoms with Crippen LogP contribution in [0.5, 0.6) is 0 Å². The molecule has 0 bridgehead atoms. The minimum Gasteiger partial charge on any atom is -0.0922 e. The normalized spacial score (nSPS) is 20.4. The number of hydrogen-bond donors (Lipinski definition) is 0. The van der Waals surface area contributed by atoms with E-state index >= 15 is 0 Å². The standard InChI is InChI=1S/C13H17Br/c1-13(10-14,12-7-8-12)9-11-5-3-2-4-6-11/h2-6,12H,7-10H2,1H3. The molecule has 0 aliphatic heterocycles. The van der Waals surface area contributed by atoms with Gasteiger partial charge in [0.2, 0.25) is 0 Å². The summed E-state index contributed by atoms with van der Waals surface area (Å²) >= 11 is 3.67. The van der Waals surface area contributed by atoms with E-state index in [4.69, 9.17) is 0 Å². The van der Waals surface area contributed by atoms with Crippen LogP contribution in [0.25, 0.3) is 0 Å². The summed E-state index contributed by atoms with van der Waals surface area (Å²) in [6.45, 7) is 2.41. The van der Waals surface area contributed by atoms with E-state index in [1.807, 2.05) is 0 Å². The Labute approximate surface area is 94.8 Å². The first-order valence-electron chi connectivity index (χ1n) is 5.34. The van der Waals surface area contributed by atoms with Gasteiger partial charge in [-0.1, -0.05) is 53.2 Å². The van der Waals surface area contributed by atoms with Gasteiger partial charge in [0, 0.05) is 5.33 Å². The minimum atomic E-state index is 0.474. The maximum atomic E-state index is 3.67. The summed E-state index contributed by atoms with van der Waals surface area (Å²) in [4.78, 5) is 0. The molecule has 0 aromatic heterocycles. The van der Waals surface area contributed by atoms with Gasteiger partial charge in [0.25, 0.3) is 0 Å². The molecule has 2 rings (SSSR count). The lowest BCUT2D eigenvalue weighted by atomic mass is 9.81. The Kier molecular flexibility index (Phi) is 2.96. The molecule has 0 amide bonds. The van der Waals surface area contributed by atoms with Gasteiger partial charge in [-0.05, 0) is 36.2 Å². The molecule has 1 aromatic carbocycles. The third-order valence-corrected chi connectivity index (χ3v) is 4.60. The molecule has 1 aliphatic rings. The molecular weight excluding hydrogens is 236 g/mol. The van der Waals surface area contributed by atoms with Crippen molar-refractivity contribution in [3.63, 3.8) is 0 Å². The van der Waals surface area contributed by atoms with Gasteiger partial charge in [0.15, 0.2) is 0 Å². The van der Waals surface area contributed by atoms with E-state index < -0.39 is 0 Å². The molecule has 1 atom stereocenters. The number of benzene rings is 1. The third kappa shape index (κ3) is 2.20. The Hall–Kier alpha value is -0.300. The number of hydrogen-bond acceptors (Lipinski definition) is 0. The van der Waals surface area contributed by atoms with E-state index in [2.05, 4.69) is 53.2 Å². The van der Waals surface area contributed by atoms with Crippen LogP contribution in [-0.4, -0.2) is 5.33 Å². The highest BCUT2D eigenvalue weighted by atomic mass is 79.9. The van der Waals surface area contributed by atoms with Gasteiger partial charge in [-0.25, -0.2) is 0 Å². The van der Waals surface area contributed by atoms with Crippen LogP contribution in [0.4, 0.5) is 0 Å². The highest BCUT2D eigenvalue weighted by Gasteiger charge is 2.40. The fraction of sp³-hybridized carbons (Fsp3) is 0.538. The molecule has 1 aliphatic carbocycles. The molecule has 0 saturated heterocycles. The van der Waals surface area contributed by atoms with E-state index in [0.29, 0.717) is 5.41 Å². The SMILES string of the molecule is CC(CBr)(Cc1ccccc1)C1CC1. The highest BCUT2D eigenvalue weighted by molar-refractivity contribution is 9.09. The smallest absolute Gasteiger partial charge is 0.00911 e. The fourth-order valence-electron chi connectivity index (χ4n) is 2.14. The second-order valence-corrected chi connectivity index (χ2v) is 5.29. The van der Waals surface area contributed by atoms with E-state index in [0.717, 1.165) is 11.2 Å². The van der Waals surface area contributed by atoms with Crippen molar-refractivity contribution in [1.82, 2.24) is 0 Å². The first-order chi connectivity index (χ1) is 6.74. The zero-order valence-electron chi connectivity index (χ0n) is 8.67.